The second kappa shape index (κ2) is 8.58. The SMILES string of the molecule is COCc1nc2ccc(NC3=CC(=O)[C@@]4(Oc5c(Cl)c(OC)cc(OC)c5C4=O)[C@H](C)C3)cc2[nH]1. The molecule has 2 aromatic carbocycles. The molecule has 0 bridgehead atoms. The number of aromatic amines is 1. The number of carbonyl (C=O) groups excluding carboxylic acids is 2. The molecule has 182 valence electrons. The summed E-state index contributed by atoms with van der Waals surface area (Å²) in [6, 6.07) is 7.19. The average molecular weight is 498 g/mol. The monoisotopic (exact) mass is 497 g/mol. The minimum absolute atomic E-state index is 0.106. The van der Waals surface area contributed by atoms with Crippen LogP contribution in [-0.2, 0) is 16.1 Å². The molecule has 9 nitrogen and oxygen atoms in total. The number of allylic oxidation sites excluding steroid dienone is 1. The number of methoxy groups -OCH3 is 3. The molecule has 2 N–H and O–H groups in total. The number of halogens is 1. The van der Waals surface area contributed by atoms with Gasteiger partial charge in [0.25, 0.3) is 0 Å². The molecule has 0 saturated heterocycles. The molecule has 1 spiro atoms. The van der Waals surface area contributed by atoms with Crippen LogP contribution in [0, 0.1) is 5.92 Å². The summed E-state index contributed by atoms with van der Waals surface area (Å²) < 4.78 is 21.9. The molecule has 0 radical (unpaired) electrons. The Morgan fingerprint density at radius 2 is 1.97 bits per heavy atom. The Balaban J connectivity index is 1.46. The molecule has 2 atom stereocenters. The molecule has 1 aliphatic heterocycles. The highest BCUT2D eigenvalue weighted by atomic mass is 35.5. The molecule has 0 amide bonds. The number of H-pyrrole nitrogens is 1. The number of hydrogen-bond acceptors (Lipinski definition) is 8. The van der Waals surface area contributed by atoms with E-state index < -0.39 is 23.1 Å². The Kier molecular flexibility index (Phi) is 5.69. The van der Waals surface area contributed by atoms with Gasteiger partial charge in [-0.1, -0.05) is 18.5 Å². The van der Waals surface area contributed by atoms with Crippen LogP contribution in [0.1, 0.15) is 29.5 Å². The fourth-order valence-corrected chi connectivity index (χ4v) is 5.01. The number of nitrogens with zero attached hydrogens (tertiary/aromatic N) is 1. The van der Waals surface area contributed by atoms with Gasteiger partial charge in [0.05, 0.1) is 25.3 Å². The number of nitrogens with one attached hydrogen (secondary N) is 2. The van der Waals surface area contributed by atoms with Gasteiger partial charge in [0.2, 0.25) is 17.2 Å². The van der Waals surface area contributed by atoms with Crippen LogP contribution < -0.4 is 19.5 Å². The van der Waals surface area contributed by atoms with Crippen LogP contribution in [0.2, 0.25) is 5.02 Å². The van der Waals surface area contributed by atoms with E-state index in [-0.39, 0.29) is 22.1 Å². The number of aromatic nitrogens is 2. The Morgan fingerprint density at radius 1 is 1.20 bits per heavy atom. The van der Waals surface area contributed by atoms with Crippen molar-refractivity contribution < 1.29 is 28.5 Å². The Labute approximate surface area is 206 Å². The molecule has 2 aliphatic rings. The highest BCUT2D eigenvalue weighted by Gasteiger charge is 2.60. The summed E-state index contributed by atoms with van der Waals surface area (Å²) in [4.78, 5) is 34.7. The summed E-state index contributed by atoms with van der Waals surface area (Å²) in [7, 11) is 4.50. The standard InChI is InChI=1S/C25H24ClN3O6/c1-12-7-14(27-13-5-6-15-16(8-13)29-20(28-15)11-32-2)9-19(30)25(12)24(31)21-17(33-3)10-18(34-4)22(26)23(21)35-25/h5-6,8-10,12,27H,7,11H2,1-4H3,(H,28,29)/t12-,25+/m1/s1. The molecule has 1 aliphatic carbocycles. The molecule has 35 heavy (non-hydrogen) atoms. The van der Waals surface area contributed by atoms with Crippen LogP contribution in [0.5, 0.6) is 17.2 Å². The third-order valence-electron chi connectivity index (χ3n) is 6.43. The van der Waals surface area contributed by atoms with Crippen LogP contribution in [-0.4, -0.2) is 48.5 Å². The van der Waals surface area contributed by atoms with Gasteiger partial charge in [0.15, 0.2) is 5.75 Å². The third-order valence-corrected chi connectivity index (χ3v) is 6.78. The Morgan fingerprint density at radius 3 is 2.66 bits per heavy atom. The number of fused-ring (bicyclic) bond motifs is 2. The van der Waals surface area contributed by atoms with Crippen molar-refractivity contribution in [3.8, 4) is 17.2 Å². The lowest BCUT2D eigenvalue weighted by Gasteiger charge is -2.35. The van der Waals surface area contributed by atoms with Crippen molar-refractivity contribution in [3.63, 3.8) is 0 Å². The number of benzene rings is 2. The quantitative estimate of drug-likeness (QED) is 0.485. The van der Waals surface area contributed by atoms with Gasteiger partial charge in [-0.05, 0) is 24.6 Å². The van der Waals surface area contributed by atoms with E-state index in [1.165, 1.54) is 26.4 Å². The van der Waals surface area contributed by atoms with Gasteiger partial charge in [0.1, 0.15) is 34.5 Å². The molecule has 10 heteroatoms. The zero-order chi connectivity index (χ0) is 24.9. The first-order valence-corrected chi connectivity index (χ1v) is 11.4. The van der Waals surface area contributed by atoms with Crippen LogP contribution in [0.15, 0.2) is 36.0 Å². The van der Waals surface area contributed by atoms with E-state index in [1.54, 1.807) is 7.11 Å². The van der Waals surface area contributed by atoms with Crippen LogP contribution in [0.25, 0.3) is 11.0 Å². The fourth-order valence-electron chi connectivity index (χ4n) is 4.75. The summed E-state index contributed by atoms with van der Waals surface area (Å²) in [6.45, 7) is 2.19. The molecule has 2 heterocycles. The summed E-state index contributed by atoms with van der Waals surface area (Å²) in [6.07, 6.45) is 1.83. The molecule has 1 aromatic heterocycles. The smallest absolute Gasteiger partial charge is 0.236 e. The molecule has 0 unspecified atom stereocenters. The van der Waals surface area contributed by atoms with Crippen molar-refractivity contribution in [1.82, 2.24) is 9.97 Å². The van der Waals surface area contributed by atoms with Crippen LogP contribution in [0.3, 0.4) is 0 Å². The lowest BCUT2D eigenvalue weighted by Crippen LogP contribution is -2.55. The van der Waals surface area contributed by atoms with Gasteiger partial charge < -0.3 is 29.2 Å². The number of Topliss-reactive ketones (excluding diaryl/α,β-unsaturated/α-hetero) is 1. The minimum atomic E-state index is -1.71. The number of ether oxygens (including phenoxy) is 4. The fraction of sp³-hybridized carbons (Fsp3) is 0.320. The first-order valence-electron chi connectivity index (χ1n) is 11.0. The first-order chi connectivity index (χ1) is 16.8. The lowest BCUT2D eigenvalue weighted by molar-refractivity contribution is -0.129. The summed E-state index contributed by atoms with van der Waals surface area (Å²) in [5.41, 5.74) is 1.55. The maximum absolute atomic E-state index is 13.6. The summed E-state index contributed by atoms with van der Waals surface area (Å²) >= 11 is 6.44. The van der Waals surface area contributed by atoms with Gasteiger partial charge in [0, 0.05) is 36.6 Å². The second-order valence-corrected chi connectivity index (χ2v) is 8.96. The zero-order valence-electron chi connectivity index (χ0n) is 19.7. The van der Waals surface area contributed by atoms with Crippen LogP contribution >= 0.6 is 11.6 Å². The van der Waals surface area contributed by atoms with Gasteiger partial charge in [-0.3, -0.25) is 9.59 Å². The van der Waals surface area contributed by atoms with E-state index >= 15 is 0 Å². The van der Waals surface area contributed by atoms with E-state index in [4.69, 9.17) is 30.5 Å². The number of hydrogen-bond donors (Lipinski definition) is 2. The van der Waals surface area contributed by atoms with Crippen molar-refractivity contribution in [3.05, 3.63) is 52.4 Å². The number of imidazole rings is 1. The molecule has 5 rings (SSSR count). The number of anilines is 1. The van der Waals surface area contributed by atoms with Crippen molar-refractivity contribution in [2.45, 2.75) is 25.6 Å². The van der Waals surface area contributed by atoms with Crippen molar-refractivity contribution in [2.24, 2.45) is 5.92 Å². The molecular formula is C25H24ClN3O6. The largest absolute Gasteiger partial charge is 0.496 e. The second-order valence-electron chi connectivity index (χ2n) is 8.58. The third kappa shape index (κ3) is 3.54. The maximum Gasteiger partial charge on any atom is 0.236 e. The van der Waals surface area contributed by atoms with E-state index in [2.05, 4.69) is 15.3 Å². The van der Waals surface area contributed by atoms with Gasteiger partial charge in [-0.25, -0.2) is 4.98 Å². The zero-order valence-corrected chi connectivity index (χ0v) is 20.4. The Bertz CT molecular complexity index is 1400. The van der Waals surface area contributed by atoms with Crippen molar-refractivity contribution >= 4 is 39.9 Å². The Hall–Kier alpha value is -3.56. The lowest BCUT2D eigenvalue weighted by atomic mass is 9.74. The maximum atomic E-state index is 13.6. The minimum Gasteiger partial charge on any atom is -0.496 e. The van der Waals surface area contributed by atoms with Gasteiger partial charge >= 0.3 is 0 Å². The number of rotatable bonds is 6. The topological polar surface area (TPSA) is 112 Å². The van der Waals surface area contributed by atoms with E-state index in [0.717, 1.165) is 22.5 Å². The van der Waals surface area contributed by atoms with Crippen LogP contribution in [0.4, 0.5) is 5.69 Å². The molecule has 0 fully saturated rings. The first kappa shape index (κ1) is 23.2. The predicted octanol–water partition coefficient (Wildman–Crippen LogP) is 4.30. The van der Waals surface area contributed by atoms with Gasteiger partial charge in [-0.2, -0.15) is 0 Å². The molecule has 3 aromatic rings. The summed E-state index contributed by atoms with van der Waals surface area (Å²) in [5.74, 6) is -0.0222. The average Bonchev–Trinajstić information content (AvgIpc) is 3.37. The molecule has 0 saturated carbocycles. The number of carbonyl (C=O) groups is 2. The van der Waals surface area contributed by atoms with Crippen molar-refractivity contribution in [2.75, 3.05) is 26.6 Å². The van der Waals surface area contributed by atoms with Crippen molar-refractivity contribution in [1.29, 1.82) is 0 Å². The number of ketones is 2. The van der Waals surface area contributed by atoms with E-state index in [0.29, 0.717) is 24.5 Å². The molecular weight excluding hydrogens is 474 g/mol. The van der Waals surface area contributed by atoms with E-state index in [1.807, 2.05) is 25.1 Å². The van der Waals surface area contributed by atoms with E-state index in [9.17, 15) is 9.59 Å². The normalized spacial score (nSPS) is 21.2. The summed E-state index contributed by atoms with van der Waals surface area (Å²) in [5, 5.41) is 3.42. The van der Waals surface area contributed by atoms with Gasteiger partial charge in [-0.15, -0.1) is 0 Å². The highest BCUT2D eigenvalue weighted by Crippen LogP contribution is 2.53. The highest BCUT2D eigenvalue weighted by molar-refractivity contribution is 6.36. The predicted molar refractivity (Wildman–Crippen MR) is 130 cm³/mol.